The summed E-state index contributed by atoms with van der Waals surface area (Å²) in [6.07, 6.45) is 1.61. The minimum absolute atomic E-state index is 0.342. The Kier molecular flexibility index (Phi) is 4.06. The molecule has 0 saturated carbocycles. The second-order valence-corrected chi connectivity index (χ2v) is 5.55. The van der Waals surface area contributed by atoms with Crippen molar-refractivity contribution in [3.8, 4) is 0 Å². The zero-order valence-corrected chi connectivity index (χ0v) is 11.7. The molecule has 6 heteroatoms. The summed E-state index contributed by atoms with van der Waals surface area (Å²) in [4.78, 5) is 24.5. The van der Waals surface area contributed by atoms with Gasteiger partial charge in [-0.05, 0) is 26.8 Å². The second-order valence-electron chi connectivity index (χ2n) is 5.11. The maximum absolute atomic E-state index is 12.3. The van der Waals surface area contributed by atoms with E-state index in [4.69, 9.17) is 16.7 Å². The van der Waals surface area contributed by atoms with E-state index in [1.165, 1.54) is 11.0 Å². The summed E-state index contributed by atoms with van der Waals surface area (Å²) < 4.78 is 1.59. The van der Waals surface area contributed by atoms with Crippen molar-refractivity contribution >= 4 is 23.5 Å². The van der Waals surface area contributed by atoms with Crippen LogP contribution in [-0.2, 0) is 11.8 Å². The first-order chi connectivity index (χ1) is 8.12. The van der Waals surface area contributed by atoms with Gasteiger partial charge in [0.15, 0.2) is 0 Å². The van der Waals surface area contributed by atoms with Crippen LogP contribution in [0, 0.1) is 0 Å². The van der Waals surface area contributed by atoms with Crippen molar-refractivity contribution in [3.05, 3.63) is 23.0 Å². The summed E-state index contributed by atoms with van der Waals surface area (Å²) in [5, 5.41) is 9.34. The Hall–Kier alpha value is -1.49. The average Bonchev–Trinajstić information content (AvgIpc) is 2.51. The van der Waals surface area contributed by atoms with Crippen molar-refractivity contribution in [3.63, 3.8) is 0 Å². The molecule has 1 aromatic rings. The largest absolute Gasteiger partial charge is 0.480 e. The first-order valence-corrected chi connectivity index (χ1v) is 5.86. The predicted octanol–water partition coefficient (Wildman–Crippen LogP) is 2.00. The summed E-state index contributed by atoms with van der Waals surface area (Å²) >= 11 is 5.83. The van der Waals surface area contributed by atoms with E-state index in [0.717, 1.165) is 0 Å². The lowest BCUT2D eigenvalue weighted by Crippen LogP contribution is -2.48. The van der Waals surface area contributed by atoms with Crippen LogP contribution in [0.5, 0.6) is 0 Å². The summed E-state index contributed by atoms with van der Waals surface area (Å²) in [7, 11) is 1.70. The zero-order valence-electron chi connectivity index (χ0n) is 10.9. The molecule has 0 aliphatic carbocycles. The van der Waals surface area contributed by atoms with Crippen molar-refractivity contribution < 1.29 is 14.7 Å². The molecule has 0 fully saturated rings. The number of aliphatic carboxylic acids is 1. The molecule has 0 bridgehead atoms. The predicted molar refractivity (Wildman–Crippen MR) is 68.8 cm³/mol. The number of aryl methyl sites for hydroxylation is 1. The monoisotopic (exact) mass is 272 g/mol. The van der Waals surface area contributed by atoms with Crippen molar-refractivity contribution in [2.45, 2.75) is 26.3 Å². The van der Waals surface area contributed by atoms with Crippen LogP contribution < -0.4 is 0 Å². The Morgan fingerprint density at radius 3 is 2.33 bits per heavy atom. The standard InChI is InChI=1S/C12H17ClN2O3/c1-12(2,3)15(7-10(16)17)11(18)9-5-8(13)6-14(9)4/h5-6H,7H2,1-4H3,(H,16,17). The number of carbonyl (C=O) groups excluding carboxylic acids is 1. The summed E-state index contributed by atoms with van der Waals surface area (Å²) in [6, 6.07) is 1.53. The third kappa shape index (κ3) is 3.26. The number of hydrogen-bond donors (Lipinski definition) is 1. The third-order valence-corrected chi connectivity index (χ3v) is 2.75. The SMILES string of the molecule is Cn1cc(Cl)cc1C(=O)N(CC(=O)O)C(C)(C)C. The van der Waals surface area contributed by atoms with Gasteiger partial charge in [-0.1, -0.05) is 11.6 Å². The van der Waals surface area contributed by atoms with E-state index in [1.807, 2.05) is 0 Å². The Morgan fingerprint density at radius 2 is 2.00 bits per heavy atom. The molecule has 18 heavy (non-hydrogen) atoms. The molecule has 0 unspecified atom stereocenters. The first-order valence-electron chi connectivity index (χ1n) is 5.48. The van der Waals surface area contributed by atoms with Gasteiger partial charge in [0.2, 0.25) is 0 Å². The second kappa shape index (κ2) is 5.02. The van der Waals surface area contributed by atoms with Gasteiger partial charge in [-0.2, -0.15) is 0 Å². The molecule has 1 heterocycles. The molecule has 0 aliphatic heterocycles. The number of rotatable bonds is 3. The molecule has 1 aromatic heterocycles. The molecular formula is C12H17ClN2O3. The topological polar surface area (TPSA) is 62.5 Å². The number of aromatic nitrogens is 1. The highest BCUT2D eigenvalue weighted by atomic mass is 35.5. The van der Waals surface area contributed by atoms with Gasteiger partial charge < -0.3 is 14.6 Å². The van der Waals surface area contributed by atoms with Crippen LogP contribution >= 0.6 is 11.6 Å². The third-order valence-electron chi connectivity index (χ3n) is 2.54. The molecule has 0 saturated heterocycles. The summed E-state index contributed by atoms with van der Waals surface area (Å²) in [6.45, 7) is 5.03. The van der Waals surface area contributed by atoms with Crippen LogP contribution in [0.25, 0.3) is 0 Å². The molecule has 5 nitrogen and oxygen atoms in total. The molecule has 1 amide bonds. The van der Waals surface area contributed by atoms with Gasteiger partial charge in [0, 0.05) is 18.8 Å². The van der Waals surface area contributed by atoms with E-state index in [1.54, 1.807) is 38.6 Å². The minimum atomic E-state index is -1.04. The normalized spacial score (nSPS) is 11.4. The van der Waals surface area contributed by atoms with E-state index in [2.05, 4.69) is 0 Å². The molecule has 100 valence electrons. The van der Waals surface area contributed by atoms with Gasteiger partial charge in [0.1, 0.15) is 12.2 Å². The maximum atomic E-state index is 12.3. The quantitative estimate of drug-likeness (QED) is 0.915. The Balaban J connectivity index is 3.10. The van der Waals surface area contributed by atoms with Crippen LogP contribution in [-0.4, -0.2) is 38.5 Å². The lowest BCUT2D eigenvalue weighted by atomic mass is 10.1. The molecular weight excluding hydrogens is 256 g/mol. The van der Waals surface area contributed by atoms with Gasteiger partial charge in [-0.3, -0.25) is 9.59 Å². The fraction of sp³-hybridized carbons (Fsp3) is 0.500. The van der Waals surface area contributed by atoms with Gasteiger partial charge in [-0.25, -0.2) is 0 Å². The van der Waals surface area contributed by atoms with Crippen LogP contribution in [0.15, 0.2) is 12.3 Å². The van der Waals surface area contributed by atoms with E-state index >= 15 is 0 Å². The van der Waals surface area contributed by atoms with Gasteiger partial charge >= 0.3 is 5.97 Å². The smallest absolute Gasteiger partial charge is 0.323 e. The Morgan fingerprint density at radius 1 is 1.44 bits per heavy atom. The number of carbonyl (C=O) groups is 2. The summed E-state index contributed by atoms with van der Waals surface area (Å²) in [5.41, 5.74) is -0.206. The van der Waals surface area contributed by atoms with Crippen LogP contribution in [0.1, 0.15) is 31.3 Å². The number of carboxylic acids is 1. The Labute approximate surface area is 111 Å². The number of carboxylic acid groups (broad SMARTS) is 1. The molecule has 0 atom stereocenters. The van der Waals surface area contributed by atoms with Crippen molar-refractivity contribution in [1.29, 1.82) is 0 Å². The van der Waals surface area contributed by atoms with E-state index < -0.39 is 11.5 Å². The average molecular weight is 273 g/mol. The van der Waals surface area contributed by atoms with Crippen LogP contribution in [0.3, 0.4) is 0 Å². The van der Waals surface area contributed by atoms with E-state index in [9.17, 15) is 9.59 Å². The van der Waals surface area contributed by atoms with E-state index in [0.29, 0.717) is 10.7 Å². The molecule has 0 aromatic carbocycles. The molecule has 0 spiro atoms. The van der Waals surface area contributed by atoms with Gasteiger partial charge in [0.05, 0.1) is 5.02 Å². The molecule has 1 N–H and O–H groups in total. The van der Waals surface area contributed by atoms with E-state index in [-0.39, 0.29) is 12.5 Å². The van der Waals surface area contributed by atoms with Crippen LogP contribution in [0.2, 0.25) is 5.02 Å². The fourth-order valence-electron chi connectivity index (χ4n) is 1.62. The van der Waals surface area contributed by atoms with Crippen molar-refractivity contribution in [2.75, 3.05) is 6.54 Å². The van der Waals surface area contributed by atoms with Gasteiger partial charge in [0.25, 0.3) is 5.91 Å². The lowest BCUT2D eigenvalue weighted by molar-refractivity contribution is -0.138. The zero-order chi connectivity index (χ0) is 14.1. The number of halogens is 1. The number of amides is 1. The highest BCUT2D eigenvalue weighted by molar-refractivity contribution is 6.31. The minimum Gasteiger partial charge on any atom is -0.480 e. The lowest BCUT2D eigenvalue weighted by Gasteiger charge is -2.34. The van der Waals surface area contributed by atoms with Crippen LogP contribution in [0.4, 0.5) is 0 Å². The van der Waals surface area contributed by atoms with Crippen molar-refractivity contribution in [1.82, 2.24) is 9.47 Å². The highest BCUT2D eigenvalue weighted by Gasteiger charge is 2.30. The molecule has 0 radical (unpaired) electrons. The fourth-order valence-corrected chi connectivity index (χ4v) is 1.87. The molecule has 1 rings (SSSR count). The summed E-state index contributed by atoms with van der Waals surface area (Å²) in [5.74, 6) is -1.39. The highest BCUT2D eigenvalue weighted by Crippen LogP contribution is 2.20. The van der Waals surface area contributed by atoms with Gasteiger partial charge in [-0.15, -0.1) is 0 Å². The maximum Gasteiger partial charge on any atom is 0.323 e. The molecule has 0 aliphatic rings. The number of nitrogens with zero attached hydrogens (tertiary/aromatic N) is 2. The first kappa shape index (κ1) is 14.6. The Bertz CT molecular complexity index is 474. The number of hydrogen-bond acceptors (Lipinski definition) is 2. The van der Waals surface area contributed by atoms with Crippen molar-refractivity contribution in [2.24, 2.45) is 7.05 Å².